The lowest BCUT2D eigenvalue weighted by atomic mass is 10.3. The van der Waals surface area contributed by atoms with Crippen molar-refractivity contribution in [3.8, 4) is 11.4 Å². The Balaban J connectivity index is 1.79. The molecule has 0 N–H and O–H groups in total. The number of aryl methyl sites for hydroxylation is 1. The third-order valence-corrected chi connectivity index (χ3v) is 6.49. The largest absolute Gasteiger partial charge is 0.461 e. The van der Waals surface area contributed by atoms with Gasteiger partial charge in [-0.25, -0.2) is 9.78 Å². The molecule has 2 heterocycles. The smallest absolute Gasteiger partial charge is 0.362 e. The van der Waals surface area contributed by atoms with Crippen LogP contribution in [0.2, 0.25) is 0 Å². The molecule has 32 heavy (non-hydrogen) atoms. The lowest BCUT2D eigenvalue weighted by Crippen LogP contribution is -2.26. The number of para-hydroxylation sites is 1. The Morgan fingerprint density at radius 2 is 1.88 bits per heavy atom. The molecule has 0 atom stereocenters. The van der Waals surface area contributed by atoms with Crippen molar-refractivity contribution in [3.05, 3.63) is 75.7 Å². The summed E-state index contributed by atoms with van der Waals surface area (Å²) in [5.74, 6) is -1.43. The van der Waals surface area contributed by atoms with Crippen LogP contribution in [0.1, 0.15) is 22.4 Å². The van der Waals surface area contributed by atoms with Crippen LogP contribution in [0.4, 0.5) is 0 Å². The molecule has 0 fully saturated rings. The molecule has 2 aromatic carbocycles. The van der Waals surface area contributed by atoms with Crippen LogP contribution in [-0.4, -0.2) is 35.8 Å². The molecule has 0 spiro atoms. The van der Waals surface area contributed by atoms with E-state index in [4.69, 9.17) is 8.92 Å². The molecule has 11 heteroatoms. The molecular formula is C21H17N3O6S2. The Kier molecular flexibility index (Phi) is 5.76. The average molecular weight is 472 g/mol. The second-order valence-electron chi connectivity index (χ2n) is 6.56. The number of esters is 1. The fourth-order valence-corrected chi connectivity index (χ4v) is 4.84. The predicted molar refractivity (Wildman–Crippen MR) is 118 cm³/mol. The molecule has 4 rings (SSSR count). The van der Waals surface area contributed by atoms with Crippen LogP contribution in [-0.2, 0) is 14.9 Å². The van der Waals surface area contributed by atoms with Gasteiger partial charge in [0, 0.05) is 0 Å². The molecule has 0 aliphatic rings. The molecule has 0 bridgehead atoms. The van der Waals surface area contributed by atoms with Crippen molar-refractivity contribution in [1.29, 1.82) is 0 Å². The third kappa shape index (κ3) is 4.25. The Labute approximate surface area is 187 Å². The number of hydrogen-bond acceptors (Lipinski definition) is 9. The first kappa shape index (κ1) is 21.7. The first-order valence-corrected chi connectivity index (χ1v) is 11.7. The van der Waals surface area contributed by atoms with Gasteiger partial charge >= 0.3 is 16.1 Å². The highest BCUT2D eigenvalue weighted by Crippen LogP contribution is 2.27. The highest BCUT2D eigenvalue weighted by Gasteiger charge is 2.26. The van der Waals surface area contributed by atoms with Crippen LogP contribution >= 0.6 is 11.3 Å². The molecule has 0 saturated heterocycles. The second kappa shape index (κ2) is 8.52. The van der Waals surface area contributed by atoms with Crippen molar-refractivity contribution in [1.82, 2.24) is 14.8 Å². The fourth-order valence-electron chi connectivity index (χ4n) is 2.94. The molecule has 9 nitrogen and oxygen atoms in total. The van der Waals surface area contributed by atoms with Crippen LogP contribution in [0.5, 0.6) is 5.75 Å². The molecule has 4 aromatic rings. The Morgan fingerprint density at radius 1 is 1.12 bits per heavy atom. The average Bonchev–Trinajstić information content (AvgIpc) is 3.13. The molecule has 0 saturated carbocycles. The minimum Gasteiger partial charge on any atom is -0.461 e. The Bertz CT molecular complexity index is 1480. The van der Waals surface area contributed by atoms with Crippen molar-refractivity contribution in [3.63, 3.8) is 0 Å². The lowest BCUT2D eigenvalue weighted by molar-refractivity contribution is 0.0515. The van der Waals surface area contributed by atoms with Gasteiger partial charge in [-0.1, -0.05) is 18.2 Å². The highest BCUT2D eigenvalue weighted by molar-refractivity contribution is 7.87. The summed E-state index contributed by atoms with van der Waals surface area (Å²) in [7, 11) is -4.38. The summed E-state index contributed by atoms with van der Waals surface area (Å²) in [6.07, 6.45) is 0. The van der Waals surface area contributed by atoms with Gasteiger partial charge in [-0.2, -0.15) is 18.2 Å². The van der Waals surface area contributed by atoms with E-state index in [9.17, 15) is 18.0 Å². The summed E-state index contributed by atoms with van der Waals surface area (Å²) in [5, 5.41) is 4.81. The zero-order chi connectivity index (χ0) is 22.9. The standard InChI is InChI=1S/C21H17N3O6S2/c1-3-29-21(26)20-17(12-19(25)24(23-20)14-7-5-4-6-8-14)30-32(27,28)15-9-10-16-18(11-15)31-13(2)22-16/h4-12H,3H2,1-2H3. The molecular weight excluding hydrogens is 454 g/mol. The van der Waals surface area contributed by atoms with Crippen LogP contribution in [0.3, 0.4) is 0 Å². The Hall–Kier alpha value is -3.57. The van der Waals surface area contributed by atoms with Gasteiger partial charge in [0.1, 0.15) is 4.90 Å². The number of ether oxygens (including phenoxy) is 1. The molecule has 0 aliphatic heterocycles. The molecule has 2 aromatic heterocycles. The summed E-state index contributed by atoms with van der Waals surface area (Å²) >= 11 is 1.33. The van der Waals surface area contributed by atoms with E-state index in [0.717, 1.165) is 15.8 Å². The molecule has 164 valence electrons. The van der Waals surface area contributed by atoms with Crippen molar-refractivity contribution >= 4 is 37.6 Å². The van der Waals surface area contributed by atoms with Gasteiger partial charge in [0.2, 0.25) is 5.69 Å². The maximum Gasteiger partial charge on any atom is 0.362 e. The molecule has 0 amide bonds. The van der Waals surface area contributed by atoms with E-state index in [-0.39, 0.29) is 11.5 Å². The number of rotatable bonds is 6. The summed E-state index contributed by atoms with van der Waals surface area (Å²) in [4.78, 5) is 29.3. The van der Waals surface area contributed by atoms with E-state index in [1.807, 2.05) is 6.92 Å². The van der Waals surface area contributed by atoms with Crippen molar-refractivity contribution in [2.75, 3.05) is 6.61 Å². The van der Waals surface area contributed by atoms with Gasteiger partial charge in [-0.05, 0) is 44.2 Å². The number of nitrogens with zero attached hydrogens (tertiary/aromatic N) is 3. The normalized spacial score (nSPS) is 11.4. The fraction of sp³-hybridized carbons (Fsp3) is 0.143. The zero-order valence-corrected chi connectivity index (χ0v) is 18.6. The SMILES string of the molecule is CCOC(=O)c1nn(-c2ccccc2)c(=O)cc1OS(=O)(=O)c1ccc2nc(C)sc2c1. The summed E-state index contributed by atoms with van der Waals surface area (Å²) < 4.78 is 37.7. The van der Waals surface area contributed by atoms with Gasteiger partial charge in [0.25, 0.3) is 5.56 Å². The van der Waals surface area contributed by atoms with Crippen molar-refractivity contribution in [2.24, 2.45) is 0 Å². The summed E-state index contributed by atoms with van der Waals surface area (Å²) in [6, 6.07) is 13.6. The molecule has 0 radical (unpaired) electrons. The Morgan fingerprint density at radius 3 is 2.59 bits per heavy atom. The number of benzene rings is 2. The maximum absolute atomic E-state index is 12.9. The minimum absolute atomic E-state index is 0.0264. The van der Waals surface area contributed by atoms with Crippen LogP contribution in [0.15, 0.2) is 64.3 Å². The molecule has 0 unspecified atom stereocenters. The van der Waals surface area contributed by atoms with Crippen LogP contribution in [0, 0.1) is 6.92 Å². The van der Waals surface area contributed by atoms with E-state index in [1.165, 1.54) is 23.5 Å². The first-order chi connectivity index (χ1) is 15.3. The first-order valence-electron chi connectivity index (χ1n) is 9.47. The van der Waals surface area contributed by atoms with E-state index < -0.39 is 33.1 Å². The summed E-state index contributed by atoms with van der Waals surface area (Å²) in [5.41, 5.74) is -0.0640. The number of aromatic nitrogens is 3. The number of fused-ring (bicyclic) bond motifs is 1. The van der Waals surface area contributed by atoms with Gasteiger partial charge in [0.15, 0.2) is 5.75 Å². The monoisotopic (exact) mass is 471 g/mol. The molecule has 0 aliphatic carbocycles. The van der Waals surface area contributed by atoms with Gasteiger partial charge in [0.05, 0.1) is 33.6 Å². The topological polar surface area (TPSA) is 117 Å². The van der Waals surface area contributed by atoms with Gasteiger partial charge in [-0.3, -0.25) is 4.79 Å². The number of carbonyl (C=O) groups excluding carboxylic acids is 1. The van der Waals surface area contributed by atoms with Crippen LogP contribution in [0.25, 0.3) is 15.9 Å². The van der Waals surface area contributed by atoms with Gasteiger partial charge < -0.3 is 8.92 Å². The highest BCUT2D eigenvalue weighted by atomic mass is 32.2. The van der Waals surface area contributed by atoms with Crippen LogP contribution < -0.4 is 9.74 Å². The van der Waals surface area contributed by atoms with Crippen molar-refractivity contribution in [2.45, 2.75) is 18.7 Å². The van der Waals surface area contributed by atoms with Crippen molar-refractivity contribution < 1.29 is 22.1 Å². The zero-order valence-electron chi connectivity index (χ0n) is 17.0. The van der Waals surface area contributed by atoms with E-state index in [2.05, 4.69) is 10.1 Å². The number of thiazole rings is 1. The summed E-state index contributed by atoms with van der Waals surface area (Å²) in [6.45, 7) is 3.43. The minimum atomic E-state index is -4.38. The van der Waals surface area contributed by atoms with E-state index >= 15 is 0 Å². The third-order valence-electron chi connectivity index (χ3n) is 4.32. The second-order valence-corrected chi connectivity index (χ2v) is 9.34. The quantitative estimate of drug-likeness (QED) is 0.311. The van der Waals surface area contributed by atoms with E-state index in [0.29, 0.717) is 15.9 Å². The number of hydrogen-bond donors (Lipinski definition) is 0. The van der Waals surface area contributed by atoms with Gasteiger partial charge in [-0.15, -0.1) is 11.3 Å². The lowest BCUT2D eigenvalue weighted by Gasteiger charge is -2.12. The number of carbonyl (C=O) groups is 1. The van der Waals surface area contributed by atoms with E-state index in [1.54, 1.807) is 43.3 Å². The maximum atomic E-state index is 12.9. The predicted octanol–water partition coefficient (Wildman–Crippen LogP) is 3.10.